The lowest BCUT2D eigenvalue weighted by Gasteiger charge is -2.05. The van der Waals surface area contributed by atoms with Crippen LogP contribution in [0, 0.1) is 6.92 Å². The van der Waals surface area contributed by atoms with Gasteiger partial charge in [0.25, 0.3) is 5.78 Å². The summed E-state index contributed by atoms with van der Waals surface area (Å²) in [6.45, 7) is 2.07. The van der Waals surface area contributed by atoms with Gasteiger partial charge >= 0.3 is 0 Å². The zero-order valence-electron chi connectivity index (χ0n) is 14.3. The van der Waals surface area contributed by atoms with E-state index in [1.807, 2.05) is 22.7 Å². The number of fused-ring (bicyclic) bond motifs is 2. The van der Waals surface area contributed by atoms with Gasteiger partial charge in [-0.1, -0.05) is 66.2 Å². The van der Waals surface area contributed by atoms with Gasteiger partial charge in [-0.05, 0) is 29.8 Å². The van der Waals surface area contributed by atoms with E-state index in [-0.39, 0.29) is 0 Å². The van der Waals surface area contributed by atoms with Gasteiger partial charge in [-0.25, -0.2) is 4.98 Å². The molecular formula is C22H16N4. The lowest BCUT2D eigenvalue weighted by molar-refractivity contribution is 0.951. The van der Waals surface area contributed by atoms with Crippen LogP contribution < -0.4 is 0 Å². The van der Waals surface area contributed by atoms with Crippen LogP contribution in [0.2, 0.25) is 0 Å². The molecule has 5 rings (SSSR count). The van der Waals surface area contributed by atoms with E-state index in [9.17, 15) is 0 Å². The van der Waals surface area contributed by atoms with Crippen LogP contribution in [0.15, 0.2) is 79.0 Å². The van der Waals surface area contributed by atoms with Crippen LogP contribution in [0.5, 0.6) is 0 Å². The number of aryl methyl sites for hydroxylation is 1. The van der Waals surface area contributed by atoms with Gasteiger partial charge in [-0.2, -0.15) is 9.50 Å². The van der Waals surface area contributed by atoms with Crippen molar-refractivity contribution >= 4 is 16.6 Å². The van der Waals surface area contributed by atoms with Gasteiger partial charge in [0.15, 0.2) is 5.82 Å². The molecule has 0 radical (unpaired) electrons. The molecule has 0 spiro atoms. The standard InChI is InChI=1S/C22H16N4/c1-15-6-8-17(9-7-15)21-24-22-23-13-12-20(26(22)25-21)19-11-10-16-4-2-3-5-18(16)14-19/h2-14H,1H3. The minimum atomic E-state index is 0.603. The van der Waals surface area contributed by atoms with Gasteiger partial charge in [0.2, 0.25) is 0 Å². The SMILES string of the molecule is Cc1ccc(-c2nc3nccc(-c4ccc5ccccc5c4)n3n2)cc1. The second-order valence-electron chi connectivity index (χ2n) is 6.41. The minimum absolute atomic E-state index is 0.603. The van der Waals surface area contributed by atoms with Gasteiger partial charge < -0.3 is 0 Å². The minimum Gasteiger partial charge on any atom is -0.220 e. The maximum atomic E-state index is 4.71. The first-order chi connectivity index (χ1) is 12.8. The van der Waals surface area contributed by atoms with Crippen LogP contribution in [-0.4, -0.2) is 19.6 Å². The van der Waals surface area contributed by atoms with Crippen molar-refractivity contribution in [3.63, 3.8) is 0 Å². The number of aromatic nitrogens is 4. The molecule has 0 amide bonds. The third-order valence-electron chi connectivity index (χ3n) is 4.60. The average molecular weight is 336 g/mol. The summed E-state index contributed by atoms with van der Waals surface area (Å²) in [6, 6.07) is 25.0. The number of rotatable bonds is 2. The molecule has 0 aliphatic rings. The number of hydrogen-bond acceptors (Lipinski definition) is 3. The highest BCUT2D eigenvalue weighted by Gasteiger charge is 2.11. The summed E-state index contributed by atoms with van der Waals surface area (Å²) in [5.74, 6) is 1.29. The largest absolute Gasteiger partial charge is 0.253 e. The van der Waals surface area contributed by atoms with E-state index in [0.717, 1.165) is 16.8 Å². The van der Waals surface area contributed by atoms with Gasteiger partial charge in [0.1, 0.15) is 0 Å². The monoisotopic (exact) mass is 336 g/mol. The van der Waals surface area contributed by atoms with Gasteiger partial charge in [0, 0.05) is 17.3 Å². The Morgan fingerprint density at radius 1 is 0.769 bits per heavy atom. The molecule has 2 aromatic heterocycles. The van der Waals surface area contributed by atoms with E-state index >= 15 is 0 Å². The molecule has 0 saturated heterocycles. The molecular weight excluding hydrogens is 320 g/mol. The maximum Gasteiger partial charge on any atom is 0.253 e. The Hall–Kier alpha value is -3.53. The Bertz CT molecular complexity index is 1240. The maximum absolute atomic E-state index is 4.71. The second kappa shape index (κ2) is 5.77. The molecule has 3 aromatic carbocycles. The summed E-state index contributed by atoms with van der Waals surface area (Å²) in [6.07, 6.45) is 1.79. The van der Waals surface area contributed by atoms with Crippen LogP contribution in [0.25, 0.3) is 39.2 Å². The molecule has 5 aromatic rings. The van der Waals surface area contributed by atoms with Crippen molar-refractivity contribution in [1.29, 1.82) is 0 Å². The lowest BCUT2D eigenvalue weighted by Crippen LogP contribution is -1.96. The molecule has 2 heterocycles. The highest BCUT2D eigenvalue weighted by Crippen LogP contribution is 2.25. The molecule has 0 fully saturated rings. The summed E-state index contributed by atoms with van der Waals surface area (Å²) in [5.41, 5.74) is 4.28. The predicted octanol–water partition coefficient (Wildman–Crippen LogP) is 4.92. The van der Waals surface area contributed by atoms with Crippen molar-refractivity contribution in [2.45, 2.75) is 6.92 Å². The molecule has 0 aliphatic carbocycles. The fourth-order valence-corrected chi connectivity index (χ4v) is 3.19. The lowest BCUT2D eigenvalue weighted by atomic mass is 10.1. The van der Waals surface area contributed by atoms with Crippen molar-refractivity contribution in [1.82, 2.24) is 19.6 Å². The van der Waals surface area contributed by atoms with Crippen molar-refractivity contribution in [2.24, 2.45) is 0 Å². The third-order valence-corrected chi connectivity index (χ3v) is 4.60. The van der Waals surface area contributed by atoms with Crippen molar-refractivity contribution in [3.8, 4) is 22.6 Å². The summed E-state index contributed by atoms with van der Waals surface area (Å²) in [5, 5.41) is 7.14. The first-order valence-electron chi connectivity index (χ1n) is 8.56. The predicted molar refractivity (Wildman–Crippen MR) is 104 cm³/mol. The normalized spacial score (nSPS) is 11.3. The quantitative estimate of drug-likeness (QED) is 0.459. The van der Waals surface area contributed by atoms with Crippen molar-refractivity contribution in [3.05, 3.63) is 84.6 Å². The highest BCUT2D eigenvalue weighted by molar-refractivity contribution is 5.87. The second-order valence-corrected chi connectivity index (χ2v) is 6.41. The first kappa shape index (κ1) is 14.8. The van der Waals surface area contributed by atoms with E-state index in [1.165, 1.54) is 16.3 Å². The fourth-order valence-electron chi connectivity index (χ4n) is 3.19. The van der Waals surface area contributed by atoms with Crippen LogP contribution in [0.3, 0.4) is 0 Å². The van der Waals surface area contributed by atoms with Crippen LogP contribution in [-0.2, 0) is 0 Å². The highest BCUT2D eigenvalue weighted by atomic mass is 15.3. The molecule has 0 atom stereocenters. The molecule has 0 unspecified atom stereocenters. The van der Waals surface area contributed by atoms with E-state index in [1.54, 1.807) is 6.20 Å². The third kappa shape index (κ3) is 2.43. The van der Waals surface area contributed by atoms with Gasteiger partial charge in [0.05, 0.1) is 5.69 Å². The van der Waals surface area contributed by atoms with Crippen LogP contribution in [0.1, 0.15) is 5.56 Å². The molecule has 0 aliphatic heterocycles. The smallest absolute Gasteiger partial charge is 0.220 e. The number of hydrogen-bond donors (Lipinski definition) is 0. The molecule has 0 N–H and O–H groups in total. The topological polar surface area (TPSA) is 43.1 Å². The number of nitrogens with zero attached hydrogens (tertiary/aromatic N) is 4. The van der Waals surface area contributed by atoms with Crippen LogP contribution >= 0.6 is 0 Å². The average Bonchev–Trinajstić information content (AvgIpc) is 3.12. The molecule has 124 valence electrons. The Morgan fingerprint density at radius 3 is 2.38 bits per heavy atom. The van der Waals surface area contributed by atoms with Crippen molar-refractivity contribution in [2.75, 3.05) is 0 Å². The summed E-state index contributed by atoms with van der Waals surface area (Å²) < 4.78 is 1.82. The summed E-state index contributed by atoms with van der Waals surface area (Å²) in [4.78, 5) is 8.98. The Labute approximate surface area is 150 Å². The van der Waals surface area contributed by atoms with Gasteiger partial charge in [-0.3, -0.25) is 0 Å². The van der Waals surface area contributed by atoms with E-state index in [0.29, 0.717) is 11.6 Å². The van der Waals surface area contributed by atoms with E-state index < -0.39 is 0 Å². The molecule has 0 bridgehead atoms. The van der Waals surface area contributed by atoms with E-state index in [4.69, 9.17) is 5.10 Å². The summed E-state index contributed by atoms with van der Waals surface area (Å²) in [7, 11) is 0. The molecule has 4 nitrogen and oxygen atoms in total. The molecule has 26 heavy (non-hydrogen) atoms. The molecule has 0 saturated carbocycles. The number of benzene rings is 3. The van der Waals surface area contributed by atoms with Crippen molar-refractivity contribution < 1.29 is 0 Å². The van der Waals surface area contributed by atoms with Gasteiger partial charge in [-0.15, -0.1) is 5.10 Å². The summed E-state index contributed by atoms with van der Waals surface area (Å²) >= 11 is 0. The Morgan fingerprint density at radius 2 is 1.54 bits per heavy atom. The Kier molecular flexibility index (Phi) is 3.28. The Balaban J connectivity index is 1.68. The van der Waals surface area contributed by atoms with E-state index in [2.05, 4.69) is 71.5 Å². The fraction of sp³-hybridized carbons (Fsp3) is 0.0455. The molecule has 4 heteroatoms. The zero-order chi connectivity index (χ0) is 17.5. The first-order valence-corrected chi connectivity index (χ1v) is 8.56. The zero-order valence-corrected chi connectivity index (χ0v) is 14.3. The van der Waals surface area contributed by atoms with Crippen LogP contribution in [0.4, 0.5) is 0 Å².